The average molecular weight is 343 g/mol. The zero-order chi connectivity index (χ0) is 16.9. The molecule has 0 aliphatic heterocycles. The summed E-state index contributed by atoms with van der Waals surface area (Å²) < 4.78 is 1.76. The first kappa shape index (κ1) is 16.5. The van der Waals surface area contributed by atoms with Gasteiger partial charge in [-0.2, -0.15) is 9.61 Å². The van der Waals surface area contributed by atoms with Crippen molar-refractivity contribution < 1.29 is 5.11 Å². The summed E-state index contributed by atoms with van der Waals surface area (Å²) in [6, 6.07) is 9.56. The van der Waals surface area contributed by atoms with Crippen LogP contribution < -0.4 is 5.32 Å². The van der Waals surface area contributed by atoms with E-state index in [1.165, 1.54) is 0 Å². The lowest BCUT2D eigenvalue weighted by Gasteiger charge is -2.11. The molecule has 0 atom stereocenters. The summed E-state index contributed by atoms with van der Waals surface area (Å²) in [4.78, 5) is 4.71. The molecular weight excluding hydrogens is 324 g/mol. The van der Waals surface area contributed by atoms with Crippen molar-refractivity contribution in [2.75, 3.05) is 18.5 Å². The lowest BCUT2D eigenvalue weighted by Crippen LogP contribution is -2.08. The van der Waals surface area contributed by atoms with Gasteiger partial charge in [0.1, 0.15) is 5.82 Å². The van der Waals surface area contributed by atoms with E-state index < -0.39 is 0 Å². The zero-order valence-corrected chi connectivity index (χ0v) is 14.0. The molecule has 0 radical (unpaired) electrons. The van der Waals surface area contributed by atoms with Gasteiger partial charge in [0.15, 0.2) is 5.65 Å². The molecule has 3 rings (SSSR count). The summed E-state index contributed by atoms with van der Waals surface area (Å²) in [5, 5.41) is 17.3. The van der Waals surface area contributed by atoms with Gasteiger partial charge in [-0.3, -0.25) is 0 Å². The molecule has 0 unspecified atom stereocenters. The second kappa shape index (κ2) is 7.47. The third kappa shape index (κ3) is 3.27. The molecule has 2 aromatic heterocycles. The largest absolute Gasteiger partial charge is 0.396 e. The number of aliphatic hydroxyl groups excluding tert-OH is 1. The smallest absolute Gasteiger partial charge is 0.165 e. The van der Waals surface area contributed by atoms with Gasteiger partial charge in [-0.05, 0) is 18.9 Å². The molecule has 2 N–H and O–H groups in total. The van der Waals surface area contributed by atoms with Crippen LogP contribution in [0.2, 0.25) is 5.02 Å². The molecule has 0 saturated carbocycles. The molecule has 3 aromatic rings. The number of nitrogens with one attached hydrogen (secondary N) is 1. The monoisotopic (exact) mass is 342 g/mol. The summed E-state index contributed by atoms with van der Waals surface area (Å²) in [5.41, 5.74) is 3.24. The maximum absolute atomic E-state index is 8.91. The lowest BCUT2D eigenvalue weighted by atomic mass is 10.1. The fourth-order valence-corrected chi connectivity index (χ4v) is 2.74. The Bertz CT molecular complexity index is 859. The van der Waals surface area contributed by atoms with Gasteiger partial charge < -0.3 is 10.4 Å². The number of nitrogens with zero attached hydrogens (tertiary/aromatic N) is 3. The van der Waals surface area contributed by atoms with E-state index in [4.69, 9.17) is 21.7 Å². The predicted octanol–water partition coefficient (Wildman–Crippen LogP) is 3.88. The third-order valence-electron chi connectivity index (χ3n) is 3.76. The van der Waals surface area contributed by atoms with Crippen molar-refractivity contribution in [1.29, 1.82) is 0 Å². The number of hydrogen-bond donors (Lipinski definition) is 2. The Kier molecular flexibility index (Phi) is 5.13. The van der Waals surface area contributed by atoms with Gasteiger partial charge >= 0.3 is 0 Å². The fraction of sp³-hybridized carbons (Fsp3) is 0.222. The van der Waals surface area contributed by atoms with Gasteiger partial charge in [0.2, 0.25) is 0 Å². The zero-order valence-electron chi connectivity index (χ0n) is 13.2. The molecule has 0 aliphatic rings. The topological polar surface area (TPSA) is 62.5 Å². The molecule has 0 amide bonds. The summed E-state index contributed by atoms with van der Waals surface area (Å²) in [5.74, 6) is 0.834. The Morgan fingerprint density at radius 3 is 2.88 bits per heavy atom. The summed E-state index contributed by atoms with van der Waals surface area (Å²) >= 11 is 6.32. The van der Waals surface area contributed by atoms with Gasteiger partial charge in [-0.1, -0.05) is 42.5 Å². The van der Waals surface area contributed by atoms with Crippen molar-refractivity contribution in [3.8, 4) is 11.3 Å². The van der Waals surface area contributed by atoms with E-state index in [2.05, 4.69) is 17.0 Å². The van der Waals surface area contributed by atoms with Crippen molar-refractivity contribution in [2.45, 2.75) is 12.8 Å². The average Bonchev–Trinajstić information content (AvgIpc) is 3.02. The van der Waals surface area contributed by atoms with Crippen molar-refractivity contribution in [2.24, 2.45) is 0 Å². The SMILES string of the molecule is C=Cc1cnn2c(NCCCCO)cc(-c3ccccc3Cl)nc12. The highest BCUT2D eigenvalue weighted by molar-refractivity contribution is 6.33. The van der Waals surface area contributed by atoms with E-state index in [9.17, 15) is 0 Å². The first-order valence-corrected chi connectivity index (χ1v) is 8.23. The first-order chi connectivity index (χ1) is 11.7. The number of rotatable bonds is 7. The molecule has 0 fully saturated rings. The quantitative estimate of drug-likeness (QED) is 0.640. The molecule has 1 aromatic carbocycles. The van der Waals surface area contributed by atoms with Crippen molar-refractivity contribution in [3.05, 3.63) is 53.7 Å². The minimum absolute atomic E-state index is 0.195. The van der Waals surface area contributed by atoms with Crippen LogP contribution in [0.1, 0.15) is 18.4 Å². The summed E-state index contributed by atoms with van der Waals surface area (Å²) in [6.07, 6.45) is 5.11. The highest BCUT2D eigenvalue weighted by Gasteiger charge is 2.12. The Morgan fingerprint density at radius 2 is 2.12 bits per heavy atom. The number of aliphatic hydroxyl groups is 1. The minimum Gasteiger partial charge on any atom is -0.396 e. The molecule has 2 heterocycles. The molecule has 0 spiro atoms. The molecule has 0 saturated heterocycles. The Balaban J connectivity index is 2.06. The van der Waals surface area contributed by atoms with Crippen LogP contribution in [-0.4, -0.2) is 32.9 Å². The second-order valence-corrected chi connectivity index (χ2v) is 5.81. The third-order valence-corrected chi connectivity index (χ3v) is 4.09. The van der Waals surface area contributed by atoms with Crippen LogP contribution in [0.5, 0.6) is 0 Å². The molecule has 6 heteroatoms. The van der Waals surface area contributed by atoms with Crippen LogP contribution in [0.4, 0.5) is 5.82 Å². The molecule has 5 nitrogen and oxygen atoms in total. The van der Waals surface area contributed by atoms with E-state index in [1.807, 2.05) is 30.3 Å². The fourth-order valence-electron chi connectivity index (χ4n) is 2.51. The van der Waals surface area contributed by atoms with Crippen LogP contribution in [-0.2, 0) is 0 Å². The molecular formula is C18H19ClN4O. The molecule has 124 valence electrons. The van der Waals surface area contributed by atoms with Gasteiger partial charge in [-0.25, -0.2) is 4.98 Å². The van der Waals surface area contributed by atoms with E-state index in [-0.39, 0.29) is 6.61 Å². The Morgan fingerprint density at radius 1 is 1.29 bits per heavy atom. The number of benzene rings is 1. The molecule has 0 bridgehead atoms. The maximum Gasteiger partial charge on any atom is 0.165 e. The minimum atomic E-state index is 0.195. The first-order valence-electron chi connectivity index (χ1n) is 7.85. The predicted molar refractivity (Wildman–Crippen MR) is 98.3 cm³/mol. The van der Waals surface area contributed by atoms with Gasteiger partial charge in [0, 0.05) is 35.4 Å². The van der Waals surface area contributed by atoms with Crippen molar-refractivity contribution in [3.63, 3.8) is 0 Å². The summed E-state index contributed by atoms with van der Waals surface area (Å²) in [6.45, 7) is 4.76. The number of unbranched alkanes of at least 4 members (excludes halogenated alkanes) is 1. The van der Waals surface area contributed by atoms with E-state index in [1.54, 1.807) is 16.8 Å². The molecule has 0 aliphatic carbocycles. The van der Waals surface area contributed by atoms with Crippen LogP contribution in [0, 0.1) is 0 Å². The number of fused-ring (bicyclic) bond motifs is 1. The van der Waals surface area contributed by atoms with Crippen LogP contribution >= 0.6 is 11.6 Å². The number of aromatic nitrogens is 3. The number of hydrogen-bond acceptors (Lipinski definition) is 4. The summed E-state index contributed by atoms with van der Waals surface area (Å²) in [7, 11) is 0. The van der Waals surface area contributed by atoms with Gasteiger partial charge in [0.05, 0.1) is 11.9 Å². The van der Waals surface area contributed by atoms with Gasteiger partial charge in [-0.15, -0.1) is 0 Å². The van der Waals surface area contributed by atoms with E-state index >= 15 is 0 Å². The van der Waals surface area contributed by atoms with Crippen molar-refractivity contribution >= 4 is 29.1 Å². The van der Waals surface area contributed by atoms with E-state index in [0.717, 1.165) is 47.7 Å². The standard InChI is InChI=1S/C18H19ClN4O/c1-2-13-12-21-23-17(20-9-5-6-10-24)11-16(22-18(13)23)14-7-3-4-8-15(14)19/h2-4,7-8,11-12,20,24H,1,5-6,9-10H2. The van der Waals surface area contributed by atoms with Crippen LogP contribution in [0.25, 0.3) is 23.0 Å². The van der Waals surface area contributed by atoms with Gasteiger partial charge in [0.25, 0.3) is 0 Å². The van der Waals surface area contributed by atoms with Crippen LogP contribution in [0.3, 0.4) is 0 Å². The number of anilines is 1. The molecule has 24 heavy (non-hydrogen) atoms. The normalized spacial score (nSPS) is 10.9. The van der Waals surface area contributed by atoms with E-state index in [0.29, 0.717) is 5.02 Å². The maximum atomic E-state index is 8.91. The number of halogens is 1. The van der Waals surface area contributed by atoms with Crippen LogP contribution in [0.15, 0.2) is 43.1 Å². The second-order valence-electron chi connectivity index (χ2n) is 5.40. The van der Waals surface area contributed by atoms with Crippen molar-refractivity contribution in [1.82, 2.24) is 14.6 Å². The highest BCUT2D eigenvalue weighted by Crippen LogP contribution is 2.29. The lowest BCUT2D eigenvalue weighted by molar-refractivity contribution is 0.286. The highest BCUT2D eigenvalue weighted by atomic mass is 35.5. The Hall–Kier alpha value is -2.37. The Labute approximate surface area is 145 Å².